The summed E-state index contributed by atoms with van der Waals surface area (Å²) >= 11 is 6.35. The van der Waals surface area contributed by atoms with Gasteiger partial charge in [-0.25, -0.2) is 21.1 Å². The first kappa shape index (κ1) is 21.6. The lowest BCUT2D eigenvalue weighted by Gasteiger charge is -2.10. The van der Waals surface area contributed by atoms with E-state index in [0.29, 0.717) is 9.37 Å². The minimum atomic E-state index is -3.58. The van der Waals surface area contributed by atoms with Gasteiger partial charge in [-0.3, -0.25) is 0 Å². The van der Waals surface area contributed by atoms with Crippen LogP contribution in [0.15, 0.2) is 67.3 Å². The van der Waals surface area contributed by atoms with E-state index in [1.807, 2.05) is 0 Å². The van der Waals surface area contributed by atoms with E-state index in [4.69, 9.17) is 10.7 Å². The van der Waals surface area contributed by atoms with Crippen LogP contribution in [0.5, 0.6) is 0 Å². The normalized spacial score (nSPS) is 11.8. The third-order valence-electron chi connectivity index (χ3n) is 2.65. The van der Waals surface area contributed by atoms with E-state index in [2.05, 4.69) is 31.9 Å². The van der Waals surface area contributed by atoms with Crippen LogP contribution in [0.2, 0.25) is 0 Å². The second-order valence-electron chi connectivity index (χ2n) is 4.64. The van der Waals surface area contributed by atoms with Gasteiger partial charge in [-0.05, 0) is 36.4 Å². The van der Waals surface area contributed by atoms with Gasteiger partial charge in [-0.1, -0.05) is 44.0 Å². The van der Waals surface area contributed by atoms with E-state index < -0.39 is 19.1 Å². The topological polar surface area (TPSA) is 71.5 Å². The second kappa shape index (κ2) is 8.77. The van der Waals surface area contributed by atoms with E-state index >= 15 is 0 Å². The number of sulfonamides is 1. The third-order valence-corrected chi connectivity index (χ3v) is 6.80. The van der Waals surface area contributed by atoms with Crippen LogP contribution in [0.3, 0.4) is 0 Å². The molecule has 0 aromatic heterocycles. The molecule has 0 atom stereocenters. The summed E-state index contributed by atoms with van der Waals surface area (Å²) in [4.78, 5) is 0.403. The van der Waals surface area contributed by atoms with Gasteiger partial charge in [-0.2, -0.15) is 0 Å². The molecule has 0 aliphatic heterocycles. The van der Waals surface area contributed by atoms with Gasteiger partial charge in [0.2, 0.25) is 10.0 Å². The van der Waals surface area contributed by atoms with Gasteiger partial charge in [0.25, 0.3) is 9.05 Å². The zero-order valence-corrected chi connectivity index (χ0v) is 18.2. The molecule has 0 heterocycles. The molecule has 5 nitrogen and oxygen atoms in total. The summed E-state index contributed by atoms with van der Waals surface area (Å²) < 4.78 is 47.3. The summed E-state index contributed by atoms with van der Waals surface area (Å²) in [6.45, 7) is 0. The van der Waals surface area contributed by atoms with E-state index in [1.165, 1.54) is 30.5 Å². The highest BCUT2D eigenvalue weighted by atomic mass is 79.9. The molecule has 0 spiro atoms. The Kier molecular flexibility index (Phi) is 7.89. The highest BCUT2D eigenvalue weighted by Gasteiger charge is 2.16. The Morgan fingerprint density at radius 1 is 0.833 bits per heavy atom. The lowest BCUT2D eigenvalue weighted by atomic mass is 10.4. The van der Waals surface area contributed by atoms with Crippen molar-refractivity contribution in [2.45, 2.75) is 9.79 Å². The largest absolute Gasteiger partial charge is 0.261 e. The average molecular weight is 520 g/mol. The van der Waals surface area contributed by atoms with Gasteiger partial charge in [0.1, 0.15) is 0 Å². The maximum Gasteiger partial charge on any atom is 0.261 e. The molecule has 0 fully saturated rings. The van der Waals surface area contributed by atoms with Crippen molar-refractivity contribution >= 4 is 61.6 Å². The zero-order chi connectivity index (χ0) is 18.5. The van der Waals surface area contributed by atoms with Crippen LogP contribution in [0.25, 0.3) is 0 Å². The fourth-order valence-electron chi connectivity index (χ4n) is 1.46. The predicted molar refractivity (Wildman–Crippen MR) is 102 cm³/mol. The van der Waals surface area contributed by atoms with Crippen molar-refractivity contribution in [2.75, 3.05) is 14.1 Å². The monoisotopic (exact) mass is 517 g/mol. The van der Waals surface area contributed by atoms with E-state index in [9.17, 15) is 16.8 Å². The van der Waals surface area contributed by atoms with Crippen LogP contribution in [-0.4, -0.2) is 35.2 Å². The van der Waals surface area contributed by atoms with Crippen LogP contribution in [-0.2, 0) is 19.1 Å². The Labute approximate surface area is 163 Å². The van der Waals surface area contributed by atoms with Crippen LogP contribution in [0.1, 0.15) is 0 Å². The lowest BCUT2D eigenvalue weighted by Crippen LogP contribution is -2.22. The molecule has 24 heavy (non-hydrogen) atoms. The van der Waals surface area contributed by atoms with Crippen LogP contribution in [0.4, 0.5) is 0 Å². The number of hydrogen-bond acceptors (Lipinski definition) is 4. The van der Waals surface area contributed by atoms with Gasteiger partial charge in [-0.15, -0.1) is 0 Å². The van der Waals surface area contributed by atoms with Crippen molar-refractivity contribution in [1.29, 1.82) is 0 Å². The van der Waals surface area contributed by atoms with Gasteiger partial charge < -0.3 is 0 Å². The highest BCUT2D eigenvalue weighted by Crippen LogP contribution is 2.19. The maximum absolute atomic E-state index is 11.6. The summed E-state index contributed by atoms with van der Waals surface area (Å²) in [5, 5.41) is 0. The summed E-state index contributed by atoms with van der Waals surface area (Å²) in [7, 11) is 1.22. The summed E-state index contributed by atoms with van der Waals surface area (Å²) in [6.07, 6.45) is 0. The molecule has 0 amide bonds. The lowest BCUT2D eigenvalue weighted by molar-refractivity contribution is 0.520. The first-order valence-electron chi connectivity index (χ1n) is 6.33. The van der Waals surface area contributed by atoms with Crippen LogP contribution >= 0.6 is 42.5 Å². The van der Waals surface area contributed by atoms with Gasteiger partial charge in [0.05, 0.1) is 9.79 Å². The van der Waals surface area contributed by atoms with Crippen molar-refractivity contribution in [3.05, 3.63) is 57.5 Å². The molecule has 0 saturated heterocycles. The van der Waals surface area contributed by atoms with E-state index in [1.54, 1.807) is 36.4 Å². The van der Waals surface area contributed by atoms with Gasteiger partial charge >= 0.3 is 0 Å². The van der Waals surface area contributed by atoms with Crippen LogP contribution in [0, 0.1) is 0 Å². The Morgan fingerprint density at radius 3 is 1.58 bits per heavy atom. The third kappa shape index (κ3) is 6.45. The summed E-state index contributed by atoms with van der Waals surface area (Å²) in [5.41, 5.74) is 0. The Balaban J connectivity index is 0.000000243. The first-order valence-corrected chi connectivity index (χ1v) is 11.7. The minimum absolute atomic E-state index is 0.105. The summed E-state index contributed by atoms with van der Waals surface area (Å²) in [6, 6.07) is 12.9. The molecular formula is C14H14Br2ClNO4S2. The molecule has 0 unspecified atom stereocenters. The molecular weight excluding hydrogens is 506 g/mol. The number of hydrogen-bond donors (Lipinski definition) is 0. The first-order chi connectivity index (χ1) is 10.9. The summed E-state index contributed by atoms with van der Waals surface area (Å²) in [5.74, 6) is 0. The minimum Gasteiger partial charge on any atom is -0.207 e. The van der Waals surface area contributed by atoms with Crippen molar-refractivity contribution in [1.82, 2.24) is 4.31 Å². The number of halogens is 3. The van der Waals surface area contributed by atoms with E-state index in [0.717, 1.165) is 4.47 Å². The van der Waals surface area contributed by atoms with E-state index in [-0.39, 0.29) is 4.90 Å². The van der Waals surface area contributed by atoms with Crippen molar-refractivity contribution in [2.24, 2.45) is 0 Å². The Bertz CT molecular complexity index is 916. The fourth-order valence-corrected chi connectivity index (χ4v) is 4.30. The molecule has 2 aromatic carbocycles. The predicted octanol–water partition coefficient (Wildman–Crippen LogP) is 4.08. The maximum atomic E-state index is 11.6. The smallest absolute Gasteiger partial charge is 0.207 e. The molecule has 0 saturated carbocycles. The standard InChI is InChI=1S/C8H10BrNO2S.C6H4BrClO2S/c1-10(2)13(11,12)8-5-3-4-7(9)6-8;7-5-2-1-3-6(4-5)11(8,9)10/h3-6H,1-2H3;1-4H. The van der Waals surface area contributed by atoms with Crippen molar-refractivity contribution in [3.8, 4) is 0 Å². The molecule has 0 bridgehead atoms. The Hall–Kier alpha value is -0.450. The highest BCUT2D eigenvalue weighted by molar-refractivity contribution is 9.10. The molecule has 0 aliphatic carbocycles. The molecule has 0 N–H and O–H groups in total. The molecule has 0 radical (unpaired) electrons. The number of nitrogens with zero attached hydrogens (tertiary/aromatic N) is 1. The van der Waals surface area contributed by atoms with Crippen LogP contribution < -0.4 is 0 Å². The zero-order valence-electron chi connectivity index (χ0n) is 12.6. The van der Waals surface area contributed by atoms with Crippen molar-refractivity contribution in [3.63, 3.8) is 0 Å². The van der Waals surface area contributed by atoms with Gasteiger partial charge in [0, 0.05) is 33.7 Å². The average Bonchev–Trinajstić information content (AvgIpc) is 2.47. The molecule has 10 heteroatoms. The SMILES string of the molecule is CN(C)S(=O)(=O)c1cccc(Br)c1.O=S(=O)(Cl)c1cccc(Br)c1. The second-order valence-corrected chi connectivity index (χ2v) is 11.2. The van der Waals surface area contributed by atoms with Gasteiger partial charge in [0.15, 0.2) is 0 Å². The quantitative estimate of drug-likeness (QED) is 0.573. The van der Waals surface area contributed by atoms with Crippen molar-refractivity contribution < 1.29 is 16.8 Å². The number of rotatable bonds is 3. The molecule has 0 aliphatic rings. The molecule has 132 valence electrons. The Morgan fingerprint density at radius 2 is 1.25 bits per heavy atom. The fraction of sp³-hybridized carbons (Fsp3) is 0.143. The molecule has 2 aromatic rings. The molecule has 2 rings (SSSR count). The number of benzene rings is 2.